The predicted octanol–water partition coefficient (Wildman–Crippen LogP) is 5.05. The summed E-state index contributed by atoms with van der Waals surface area (Å²) in [5.41, 5.74) is 2.57. The molecule has 0 aromatic heterocycles. The van der Waals surface area contributed by atoms with E-state index in [1.54, 1.807) is 0 Å². The van der Waals surface area contributed by atoms with Crippen LogP contribution in [0.25, 0.3) is 32.3 Å². The molecule has 0 nitrogen and oxygen atoms in total. The Labute approximate surface area is 112 Å². The van der Waals surface area contributed by atoms with Gasteiger partial charge in [-0.2, -0.15) is 0 Å². The second-order valence-electron chi connectivity index (χ2n) is 5.33. The SMILES string of the molecule is [2H]c1c2c3c(ccc4cccc(c43)C2)c2ccccc12. The zero-order valence-electron chi connectivity index (χ0n) is 11.4. The minimum absolute atomic E-state index is 0.705. The molecule has 0 N–H and O–H groups in total. The Morgan fingerprint density at radius 3 is 2.58 bits per heavy atom. The van der Waals surface area contributed by atoms with E-state index in [1.165, 1.54) is 38.1 Å². The monoisotopic (exact) mass is 241 g/mol. The Morgan fingerprint density at radius 2 is 1.58 bits per heavy atom. The van der Waals surface area contributed by atoms with Crippen LogP contribution in [-0.2, 0) is 6.42 Å². The van der Waals surface area contributed by atoms with Crippen molar-refractivity contribution in [3.05, 3.63) is 71.8 Å². The van der Waals surface area contributed by atoms with Crippen LogP contribution in [-0.4, -0.2) is 0 Å². The van der Waals surface area contributed by atoms with Gasteiger partial charge in [0.1, 0.15) is 0 Å². The van der Waals surface area contributed by atoms with Gasteiger partial charge in [0.15, 0.2) is 0 Å². The molecule has 0 heteroatoms. The highest BCUT2D eigenvalue weighted by atomic mass is 14.2. The van der Waals surface area contributed by atoms with Crippen molar-refractivity contribution in [2.45, 2.75) is 6.42 Å². The Morgan fingerprint density at radius 1 is 0.684 bits per heavy atom. The molecule has 0 fully saturated rings. The van der Waals surface area contributed by atoms with E-state index < -0.39 is 0 Å². The van der Waals surface area contributed by atoms with Crippen molar-refractivity contribution in [3.63, 3.8) is 0 Å². The van der Waals surface area contributed by atoms with Crippen LogP contribution in [0.15, 0.2) is 60.6 Å². The van der Waals surface area contributed by atoms with Gasteiger partial charge in [-0.3, -0.25) is 0 Å². The lowest BCUT2D eigenvalue weighted by molar-refractivity contribution is 1.28. The Hall–Kier alpha value is -2.34. The molecule has 0 unspecified atom stereocenters. The minimum Gasteiger partial charge on any atom is -0.0616 e. The zero-order chi connectivity index (χ0) is 13.3. The van der Waals surface area contributed by atoms with E-state index in [0.29, 0.717) is 6.04 Å². The summed E-state index contributed by atoms with van der Waals surface area (Å²) >= 11 is 0. The number of fused-ring (bicyclic) bond motifs is 2. The topological polar surface area (TPSA) is 0 Å². The lowest BCUT2D eigenvalue weighted by Crippen LogP contribution is -1.82. The Balaban J connectivity index is 2.19. The predicted molar refractivity (Wildman–Crippen MR) is 81.8 cm³/mol. The van der Waals surface area contributed by atoms with E-state index in [1.807, 2.05) is 6.07 Å². The van der Waals surface area contributed by atoms with Gasteiger partial charge < -0.3 is 0 Å². The molecular formula is C19H12. The third kappa shape index (κ3) is 1.09. The number of hydrogen-bond donors (Lipinski definition) is 0. The van der Waals surface area contributed by atoms with Gasteiger partial charge in [-0.1, -0.05) is 60.6 Å². The Kier molecular flexibility index (Phi) is 1.45. The first kappa shape index (κ1) is 8.71. The van der Waals surface area contributed by atoms with Crippen molar-refractivity contribution in [1.82, 2.24) is 0 Å². The summed E-state index contributed by atoms with van der Waals surface area (Å²) in [6, 6.07) is 19.9. The summed E-state index contributed by atoms with van der Waals surface area (Å²) in [5.74, 6) is 0. The van der Waals surface area contributed by atoms with Crippen molar-refractivity contribution in [2.24, 2.45) is 0 Å². The molecule has 19 heavy (non-hydrogen) atoms. The maximum absolute atomic E-state index is 8.56. The van der Waals surface area contributed by atoms with Crippen LogP contribution >= 0.6 is 0 Å². The summed E-state index contributed by atoms with van der Waals surface area (Å²) in [4.78, 5) is 0. The molecule has 4 aromatic carbocycles. The maximum atomic E-state index is 8.56. The largest absolute Gasteiger partial charge is 0.0633 e. The fourth-order valence-corrected chi connectivity index (χ4v) is 3.52. The van der Waals surface area contributed by atoms with E-state index in [-0.39, 0.29) is 0 Å². The molecule has 0 saturated heterocycles. The molecule has 1 aliphatic carbocycles. The van der Waals surface area contributed by atoms with Crippen molar-refractivity contribution in [3.8, 4) is 0 Å². The molecular weight excluding hydrogens is 228 g/mol. The van der Waals surface area contributed by atoms with Gasteiger partial charge in [-0.15, -0.1) is 0 Å². The van der Waals surface area contributed by atoms with E-state index in [0.717, 1.165) is 11.8 Å². The van der Waals surface area contributed by atoms with E-state index >= 15 is 0 Å². The van der Waals surface area contributed by atoms with Crippen LogP contribution in [0.1, 0.15) is 12.5 Å². The average molecular weight is 241 g/mol. The third-order valence-electron chi connectivity index (χ3n) is 4.30. The molecule has 0 bridgehead atoms. The lowest BCUT2D eigenvalue weighted by Gasteiger charge is -2.07. The minimum atomic E-state index is 0.705. The molecule has 0 aliphatic heterocycles. The highest BCUT2D eigenvalue weighted by molar-refractivity contribution is 6.21. The van der Waals surface area contributed by atoms with Crippen LogP contribution in [0.5, 0.6) is 0 Å². The Bertz CT molecular complexity index is 1030. The van der Waals surface area contributed by atoms with E-state index in [4.69, 9.17) is 1.37 Å². The number of benzene rings is 4. The van der Waals surface area contributed by atoms with Crippen LogP contribution in [0.4, 0.5) is 0 Å². The number of rotatable bonds is 0. The van der Waals surface area contributed by atoms with Gasteiger partial charge in [-0.25, -0.2) is 0 Å². The van der Waals surface area contributed by atoms with Crippen molar-refractivity contribution in [1.29, 1.82) is 0 Å². The highest BCUT2D eigenvalue weighted by Gasteiger charge is 2.18. The van der Waals surface area contributed by atoms with Crippen molar-refractivity contribution in [2.75, 3.05) is 0 Å². The van der Waals surface area contributed by atoms with Crippen LogP contribution in [0, 0.1) is 0 Å². The van der Waals surface area contributed by atoms with Gasteiger partial charge in [0.05, 0.1) is 1.37 Å². The van der Waals surface area contributed by atoms with Gasteiger partial charge in [-0.05, 0) is 49.9 Å². The first-order chi connectivity index (χ1) is 9.84. The van der Waals surface area contributed by atoms with Gasteiger partial charge >= 0.3 is 0 Å². The molecule has 0 spiro atoms. The first-order valence-electron chi connectivity index (χ1n) is 7.19. The summed E-state index contributed by atoms with van der Waals surface area (Å²) in [5, 5.41) is 7.53. The molecule has 0 amide bonds. The molecule has 5 rings (SSSR count). The standard InChI is InChI=1S/C19H12/c1-2-7-16-13(4-1)10-15-11-14-6-3-5-12-8-9-17(16)19(15)18(12)14/h1-10H,11H2/i10D. The highest BCUT2D eigenvalue weighted by Crippen LogP contribution is 2.41. The molecule has 4 aromatic rings. The maximum Gasteiger partial charge on any atom is 0.0633 e. The molecule has 0 radical (unpaired) electrons. The van der Waals surface area contributed by atoms with Crippen LogP contribution < -0.4 is 0 Å². The summed E-state index contributed by atoms with van der Waals surface area (Å²) in [7, 11) is 0. The zero-order valence-corrected chi connectivity index (χ0v) is 10.4. The molecule has 0 saturated carbocycles. The molecule has 1 aliphatic rings. The summed E-state index contributed by atoms with van der Waals surface area (Å²) in [6.45, 7) is 0. The average Bonchev–Trinajstić information content (AvgIpc) is 2.89. The van der Waals surface area contributed by atoms with Crippen molar-refractivity contribution < 1.29 is 1.37 Å². The summed E-state index contributed by atoms with van der Waals surface area (Å²) < 4.78 is 8.56. The normalized spacial score (nSPS) is 13.8. The fourth-order valence-electron chi connectivity index (χ4n) is 3.52. The molecule has 88 valence electrons. The van der Waals surface area contributed by atoms with Crippen molar-refractivity contribution >= 4 is 32.3 Å². The van der Waals surface area contributed by atoms with E-state index in [9.17, 15) is 0 Å². The smallest absolute Gasteiger partial charge is 0.0616 e. The second-order valence-corrected chi connectivity index (χ2v) is 5.33. The van der Waals surface area contributed by atoms with Gasteiger partial charge in [0.25, 0.3) is 0 Å². The van der Waals surface area contributed by atoms with Crippen LogP contribution in [0.3, 0.4) is 0 Å². The molecule has 0 atom stereocenters. The lowest BCUT2D eigenvalue weighted by atomic mass is 9.97. The third-order valence-corrected chi connectivity index (χ3v) is 4.30. The number of hydrogen-bond acceptors (Lipinski definition) is 0. The first-order valence-corrected chi connectivity index (χ1v) is 6.69. The van der Waals surface area contributed by atoms with Gasteiger partial charge in [0.2, 0.25) is 0 Å². The summed E-state index contributed by atoms with van der Waals surface area (Å²) in [6.07, 6.45) is 0.900. The van der Waals surface area contributed by atoms with Gasteiger partial charge in [0, 0.05) is 0 Å². The van der Waals surface area contributed by atoms with E-state index in [2.05, 4.69) is 48.5 Å². The molecule has 0 heterocycles. The second kappa shape index (κ2) is 3.16. The quantitative estimate of drug-likeness (QED) is 0.333. The fraction of sp³-hybridized carbons (Fsp3) is 0.0526. The van der Waals surface area contributed by atoms with Crippen LogP contribution in [0.2, 0.25) is 0 Å².